The molecule has 1 fully saturated rings. The Kier molecular flexibility index (Phi) is 4.00. The van der Waals surface area contributed by atoms with Gasteiger partial charge in [0.05, 0.1) is 27.6 Å². The Morgan fingerprint density at radius 1 is 1.23 bits per heavy atom. The van der Waals surface area contributed by atoms with Crippen LogP contribution in [0.25, 0.3) is 16.6 Å². The molecule has 2 aromatic carbocycles. The van der Waals surface area contributed by atoms with E-state index in [1.165, 1.54) is 12.1 Å². The van der Waals surface area contributed by atoms with E-state index in [1.54, 1.807) is 10.6 Å². The Morgan fingerprint density at radius 3 is 2.65 bits per heavy atom. The summed E-state index contributed by atoms with van der Waals surface area (Å²) in [7, 11) is 0. The van der Waals surface area contributed by atoms with Gasteiger partial charge in [0.25, 0.3) is 11.2 Å². The summed E-state index contributed by atoms with van der Waals surface area (Å²) >= 11 is 0. The van der Waals surface area contributed by atoms with Gasteiger partial charge in [0, 0.05) is 12.1 Å². The molecule has 0 amide bonds. The van der Waals surface area contributed by atoms with E-state index >= 15 is 0 Å². The van der Waals surface area contributed by atoms with Crippen molar-refractivity contribution >= 4 is 16.6 Å². The van der Waals surface area contributed by atoms with Gasteiger partial charge in [-0.25, -0.2) is 4.98 Å². The molecular weight excluding hydrogens is 332 g/mol. The minimum atomic E-state index is -0.498. The molecule has 1 unspecified atom stereocenters. The lowest BCUT2D eigenvalue weighted by molar-refractivity contribution is -0.384. The van der Waals surface area contributed by atoms with Crippen molar-refractivity contribution in [3.8, 4) is 5.69 Å². The van der Waals surface area contributed by atoms with E-state index < -0.39 is 4.92 Å². The number of hydrogen-bond acceptors (Lipinski definition) is 5. The quantitative estimate of drug-likeness (QED) is 0.579. The molecule has 2 heterocycles. The smallest absolute Gasteiger partial charge is 0.270 e. The number of nitro benzene ring substituents is 1. The zero-order valence-corrected chi connectivity index (χ0v) is 14.3. The molecule has 26 heavy (non-hydrogen) atoms. The van der Waals surface area contributed by atoms with E-state index in [0.29, 0.717) is 17.0 Å². The zero-order chi connectivity index (χ0) is 18.3. The van der Waals surface area contributed by atoms with Crippen molar-refractivity contribution in [2.24, 2.45) is 0 Å². The predicted octanol–water partition coefficient (Wildman–Crippen LogP) is 3.03. The molecule has 1 aromatic heterocycles. The molecular formula is C19H18N4O3. The molecule has 4 rings (SSSR count). The van der Waals surface area contributed by atoms with Gasteiger partial charge in [-0.2, -0.15) is 0 Å². The van der Waals surface area contributed by atoms with Crippen molar-refractivity contribution in [1.82, 2.24) is 14.9 Å². The number of hydrogen-bond donors (Lipinski definition) is 1. The highest BCUT2D eigenvalue weighted by atomic mass is 16.6. The fourth-order valence-corrected chi connectivity index (χ4v) is 3.39. The van der Waals surface area contributed by atoms with Gasteiger partial charge in [-0.3, -0.25) is 19.5 Å². The summed E-state index contributed by atoms with van der Waals surface area (Å²) in [6, 6.07) is 11.9. The van der Waals surface area contributed by atoms with Gasteiger partial charge in [0.15, 0.2) is 0 Å². The molecule has 0 bridgehead atoms. The first-order chi connectivity index (χ1) is 12.5. The summed E-state index contributed by atoms with van der Waals surface area (Å²) in [5.74, 6) is 0.651. The Labute approximate surface area is 149 Å². The van der Waals surface area contributed by atoms with Gasteiger partial charge < -0.3 is 5.32 Å². The van der Waals surface area contributed by atoms with Crippen molar-refractivity contribution in [3.05, 3.63) is 74.3 Å². The number of rotatable bonds is 3. The van der Waals surface area contributed by atoms with Gasteiger partial charge in [-0.1, -0.05) is 17.7 Å². The summed E-state index contributed by atoms with van der Waals surface area (Å²) in [6.07, 6.45) is 1.92. The second-order valence-electron chi connectivity index (χ2n) is 6.55. The normalized spacial score (nSPS) is 16.9. The van der Waals surface area contributed by atoms with Crippen LogP contribution in [0, 0.1) is 17.0 Å². The highest BCUT2D eigenvalue weighted by molar-refractivity contribution is 5.80. The number of aromatic nitrogens is 2. The molecule has 1 saturated heterocycles. The van der Waals surface area contributed by atoms with E-state index in [0.717, 1.165) is 24.9 Å². The van der Waals surface area contributed by atoms with Crippen molar-refractivity contribution in [1.29, 1.82) is 0 Å². The first kappa shape index (κ1) is 16.4. The second-order valence-corrected chi connectivity index (χ2v) is 6.55. The first-order valence-electron chi connectivity index (χ1n) is 8.56. The van der Waals surface area contributed by atoms with Gasteiger partial charge in [-0.15, -0.1) is 0 Å². The maximum atomic E-state index is 13.2. The van der Waals surface area contributed by atoms with E-state index in [1.807, 2.05) is 31.2 Å². The minimum Gasteiger partial charge on any atom is -0.307 e. The Balaban J connectivity index is 2.02. The third kappa shape index (κ3) is 2.76. The maximum absolute atomic E-state index is 13.2. The van der Waals surface area contributed by atoms with Crippen LogP contribution in [0.2, 0.25) is 0 Å². The number of benzene rings is 2. The fourth-order valence-electron chi connectivity index (χ4n) is 3.39. The number of aryl methyl sites for hydroxylation is 1. The van der Waals surface area contributed by atoms with Crippen molar-refractivity contribution in [2.75, 3.05) is 6.54 Å². The summed E-state index contributed by atoms with van der Waals surface area (Å²) in [4.78, 5) is 28.5. The molecule has 1 aliphatic heterocycles. The SMILES string of the molecule is Cc1ccc(-n2c(C3CCCN3)nc3ccc([N+](=O)[O-])cc3c2=O)cc1. The van der Waals surface area contributed by atoms with E-state index in [-0.39, 0.29) is 22.7 Å². The van der Waals surface area contributed by atoms with E-state index in [2.05, 4.69) is 5.32 Å². The van der Waals surface area contributed by atoms with Crippen molar-refractivity contribution in [3.63, 3.8) is 0 Å². The standard InChI is InChI=1S/C19H18N4O3/c1-12-4-6-13(7-5-12)22-18(17-3-2-10-20-17)21-16-9-8-14(23(25)26)11-15(16)19(22)24/h4-9,11,17,20H,2-3,10H2,1H3. The highest BCUT2D eigenvalue weighted by Crippen LogP contribution is 2.26. The molecule has 3 aromatic rings. The first-order valence-corrected chi connectivity index (χ1v) is 8.56. The lowest BCUT2D eigenvalue weighted by Gasteiger charge is -2.18. The number of fused-ring (bicyclic) bond motifs is 1. The third-order valence-electron chi connectivity index (χ3n) is 4.75. The van der Waals surface area contributed by atoms with Gasteiger partial charge in [-0.05, 0) is 44.5 Å². The van der Waals surface area contributed by atoms with Crippen molar-refractivity contribution < 1.29 is 4.92 Å². The molecule has 7 heteroatoms. The molecule has 0 spiro atoms. The molecule has 7 nitrogen and oxygen atoms in total. The lowest BCUT2D eigenvalue weighted by atomic mass is 10.1. The average molecular weight is 350 g/mol. The van der Waals surface area contributed by atoms with Crippen LogP contribution in [0.5, 0.6) is 0 Å². The van der Waals surface area contributed by atoms with E-state index in [9.17, 15) is 14.9 Å². The molecule has 0 aliphatic carbocycles. The number of non-ortho nitro benzene ring substituents is 1. The van der Waals surface area contributed by atoms with Crippen LogP contribution in [0.1, 0.15) is 30.3 Å². The highest BCUT2D eigenvalue weighted by Gasteiger charge is 2.24. The topological polar surface area (TPSA) is 90.1 Å². The summed E-state index contributed by atoms with van der Waals surface area (Å²) in [6.45, 7) is 2.86. The molecule has 1 N–H and O–H groups in total. The zero-order valence-electron chi connectivity index (χ0n) is 14.3. The number of nitro groups is 1. The monoisotopic (exact) mass is 350 g/mol. The van der Waals surface area contributed by atoms with Crippen LogP contribution in [0.4, 0.5) is 5.69 Å². The van der Waals surface area contributed by atoms with Gasteiger partial charge >= 0.3 is 0 Å². The molecule has 132 valence electrons. The van der Waals surface area contributed by atoms with Crippen LogP contribution in [0.3, 0.4) is 0 Å². The Hall–Kier alpha value is -3.06. The van der Waals surface area contributed by atoms with Crippen LogP contribution >= 0.6 is 0 Å². The van der Waals surface area contributed by atoms with E-state index in [4.69, 9.17) is 4.98 Å². The van der Waals surface area contributed by atoms with Crippen LogP contribution in [-0.4, -0.2) is 21.0 Å². The van der Waals surface area contributed by atoms with Crippen LogP contribution in [-0.2, 0) is 0 Å². The summed E-state index contributed by atoms with van der Waals surface area (Å²) < 4.78 is 1.58. The average Bonchev–Trinajstić information content (AvgIpc) is 3.17. The largest absolute Gasteiger partial charge is 0.307 e. The summed E-state index contributed by atoms with van der Waals surface area (Å²) in [5, 5.41) is 14.7. The Morgan fingerprint density at radius 2 is 2.00 bits per heavy atom. The van der Waals surface area contributed by atoms with Gasteiger partial charge in [0.1, 0.15) is 5.82 Å². The lowest BCUT2D eigenvalue weighted by Crippen LogP contribution is -2.28. The predicted molar refractivity (Wildman–Crippen MR) is 98.7 cm³/mol. The second kappa shape index (κ2) is 6.34. The number of nitrogens with zero attached hydrogens (tertiary/aromatic N) is 3. The summed E-state index contributed by atoms with van der Waals surface area (Å²) in [5.41, 5.74) is 1.88. The molecule has 0 saturated carbocycles. The minimum absolute atomic E-state index is 0.0106. The molecule has 1 aliphatic rings. The molecule has 1 atom stereocenters. The maximum Gasteiger partial charge on any atom is 0.270 e. The third-order valence-corrected chi connectivity index (χ3v) is 4.75. The molecule has 0 radical (unpaired) electrons. The van der Waals surface area contributed by atoms with Crippen LogP contribution in [0.15, 0.2) is 47.3 Å². The van der Waals surface area contributed by atoms with Crippen molar-refractivity contribution in [2.45, 2.75) is 25.8 Å². The fraction of sp³-hybridized carbons (Fsp3) is 0.263. The Bertz CT molecular complexity index is 1050. The van der Waals surface area contributed by atoms with Gasteiger partial charge in [0.2, 0.25) is 0 Å². The number of nitrogens with one attached hydrogen (secondary N) is 1. The van der Waals surface area contributed by atoms with Crippen LogP contribution < -0.4 is 10.9 Å².